The van der Waals surface area contributed by atoms with Crippen LogP contribution in [0.2, 0.25) is 0 Å². The predicted octanol–water partition coefficient (Wildman–Crippen LogP) is 0.388. The molecule has 0 spiro atoms. The minimum absolute atomic E-state index is 0.371. The van der Waals surface area contributed by atoms with E-state index in [1.165, 1.54) is 6.42 Å². The molecule has 0 aromatic rings. The Balaban J connectivity index is 2.41. The largest absolute Gasteiger partial charge is 0.316 e. The fraction of sp³-hybridized carbons (Fsp3) is 1.00. The van der Waals surface area contributed by atoms with E-state index < -0.39 is 10.0 Å². The van der Waals surface area contributed by atoms with Crippen molar-refractivity contribution in [2.75, 3.05) is 32.7 Å². The van der Waals surface area contributed by atoms with E-state index in [0.717, 1.165) is 26.1 Å². The van der Waals surface area contributed by atoms with E-state index in [4.69, 9.17) is 0 Å². The summed E-state index contributed by atoms with van der Waals surface area (Å²) in [6.45, 7) is 9.80. The maximum Gasteiger partial charge on any atom is 0.215 e. The Kier molecular flexibility index (Phi) is 6.55. The van der Waals surface area contributed by atoms with Gasteiger partial charge in [-0.15, -0.1) is 0 Å². The zero-order valence-electron chi connectivity index (χ0n) is 11.8. The van der Waals surface area contributed by atoms with Gasteiger partial charge in [-0.05, 0) is 39.4 Å². The van der Waals surface area contributed by atoms with Crippen LogP contribution < -0.4 is 10.0 Å². The van der Waals surface area contributed by atoms with Crippen molar-refractivity contribution in [2.45, 2.75) is 44.9 Å². The number of hydrogen-bond donors (Lipinski definition) is 2. The van der Waals surface area contributed by atoms with Crippen molar-refractivity contribution in [3.63, 3.8) is 0 Å². The first kappa shape index (κ1) is 15.9. The molecule has 0 aliphatic carbocycles. The molecule has 0 aromatic heterocycles. The summed E-state index contributed by atoms with van der Waals surface area (Å²) in [4.78, 5) is 2.34. The third kappa shape index (κ3) is 4.50. The van der Waals surface area contributed by atoms with Crippen LogP contribution in [-0.2, 0) is 10.0 Å². The summed E-state index contributed by atoms with van der Waals surface area (Å²) < 4.78 is 26.8. The lowest BCUT2D eigenvalue weighted by Crippen LogP contribution is -2.44. The molecule has 1 fully saturated rings. The molecule has 1 rings (SSSR count). The molecule has 1 aliphatic heterocycles. The van der Waals surface area contributed by atoms with Crippen molar-refractivity contribution in [1.29, 1.82) is 0 Å². The fourth-order valence-corrected chi connectivity index (χ4v) is 3.40. The summed E-state index contributed by atoms with van der Waals surface area (Å²) in [5.41, 5.74) is 0. The Bertz CT molecular complexity index is 332. The Morgan fingerprint density at radius 1 is 1.39 bits per heavy atom. The second-order valence-corrected chi connectivity index (χ2v) is 7.12. The predicted molar refractivity (Wildman–Crippen MR) is 75.2 cm³/mol. The van der Waals surface area contributed by atoms with Crippen LogP contribution in [0.15, 0.2) is 0 Å². The average molecular weight is 277 g/mol. The lowest BCUT2D eigenvalue weighted by molar-refractivity contribution is 0.268. The van der Waals surface area contributed by atoms with Crippen LogP contribution in [0.5, 0.6) is 0 Å². The van der Waals surface area contributed by atoms with Gasteiger partial charge in [0, 0.05) is 19.1 Å². The number of nitrogens with zero attached hydrogens (tertiary/aromatic N) is 1. The molecule has 2 unspecified atom stereocenters. The third-order valence-electron chi connectivity index (χ3n) is 3.64. The second kappa shape index (κ2) is 7.43. The molecule has 0 bridgehead atoms. The van der Waals surface area contributed by atoms with Crippen LogP contribution in [0.3, 0.4) is 0 Å². The number of sulfonamides is 1. The number of nitrogens with one attached hydrogen (secondary N) is 2. The first-order valence-corrected chi connectivity index (χ1v) is 8.49. The van der Waals surface area contributed by atoms with Gasteiger partial charge in [-0.1, -0.05) is 13.8 Å². The molecular formula is C12H27N3O2S. The second-order valence-electron chi connectivity index (χ2n) is 4.94. The Morgan fingerprint density at radius 3 is 2.72 bits per heavy atom. The molecule has 0 aromatic carbocycles. The molecule has 1 heterocycles. The molecular weight excluding hydrogens is 250 g/mol. The molecule has 1 saturated heterocycles. The Hall–Kier alpha value is -0.170. The lowest BCUT2D eigenvalue weighted by Gasteiger charge is -2.24. The topological polar surface area (TPSA) is 61.4 Å². The van der Waals surface area contributed by atoms with Crippen molar-refractivity contribution in [1.82, 2.24) is 14.9 Å². The first-order valence-electron chi connectivity index (χ1n) is 6.94. The van der Waals surface area contributed by atoms with E-state index in [1.807, 2.05) is 6.92 Å². The molecule has 18 heavy (non-hydrogen) atoms. The Labute approximate surface area is 111 Å². The van der Waals surface area contributed by atoms with Crippen molar-refractivity contribution in [3.8, 4) is 0 Å². The molecule has 1 aliphatic rings. The molecule has 2 atom stereocenters. The van der Waals surface area contributed by atoms with Crippen molar-refractivity contribution in [2.24, 2.45) is 0 Å². The van der Waals surface area contributed by atoms with Gasteiger partial charge in [-0.3, -0.25) is 4.90 Å². The summed E-state index contributed by atoms with van der Waals surface area (Å²) in [6, 6.07) is 0.371. The number of hydrogen-bond acceptors (Lipinski definition) is 4. The van der Waals surface area contributed by atoms with E-state index in [0.29, 0.717) is 19.1 Å². The fourth-order valence-electron chi connectivity index (χ4n) is 2.35. The van der Waals surface area contributed by atoms with Gasteiger partial charge in [0.15, 0.2) is 0 Å². The lowest BCUT2D eigenvalue weighted by atomic mass is 10.2. The number of likely N-dealkylation sites (N-methyl/N-ethyl adjacent to an activating group) is 1. The summed E-state index contributed by atoms with van der Waals surface area (Å²) in [5, 5.41) is 2.69. The molecule has 5 nitrogen and oxygen atoms in total. The van der Waals surface area contributed by atoms with Crippen LogP contribution in [-0.4, -0.2) is 57.3 Å². The van der Waals surface area contributed by atoms with E-state index in [-0.39, 0.29) is 5.25 Å². The van der Waals surface area contributed by atoms with E-state index in [9.17, 15) is 8.42 Å². The molecule has 108 valence electrons. The molecule has 6 heteroatoms. The van der Waals surface area contributed by atoms with Crippen LogP contribution in [0.4, 0.5) is 0 Å². The van der Waals surface area contributed by atoms with Crippen LogP contribution in [0.1, 0.15) is 33.6 Å². The minimum Gasteiger partial charge on any atom is -0.316 e. The van der Waals surface area contributed by atoms with Gasteiger partial charge in [0.1, 0.15) is 0 Å². The molecule has 0 saturated carbocycles. The van der Waals surface area contributed by atoms with Crippen molar-refractivity contribution < 1.29 is 8.42 Å². The highest BCUT2D eigenvalue weighted by molar-refractivity contribution is 7.90. The van der Waals surface area contributed by atoms with Gasteiger partial charge in [-0.25, -0.2) is 13.1 Å². The maximum absolute atomic E-state index is 12.0. The quantitative estimate of drug-likeness (QED) is 0.674. The highest BCUT2D eigenvalue weighted by atomic mass is 32.2. The summed E-state index contributed by atoms with van der Waals surface area (Å²) in [5.74, 6) is 0. The minimum atomic E-state index is -3.19. The summed E-state index contributed by atoms with van der Waals surface area (Å²) >= 11 is 0. The smallest absolute Gasteiger partial charge is 0.215 e. The van der Waals surface area contributed by atoms with Crippen LogP contribution >= 0.6 is 0 Å². The SMILES string of the molecule is CCNCC(C)S(=O)(=O)NCC1CCCN1CC. The van der Waals surface area contributed by atoms with E-state index in [1.54, 1.807) is 6.92 Å². The van der Waals surface area contributed by atoms with Gasteiger partial charge < -0.3 is 5.32 Å². The zero-order valence-corrected chi connectivity index (χ0v) is 12.6. The summed E-state index contributed by atoms with van der Waals surface area (Å²) in [6.07, 6.45) is 2.27. The van der Waals surface area contributed by atoms with Gasteiger partial charge in [0.2, 0.25) is 10.0 Å². The third-order valence-corrected chi connectivity index (χ3v) is 5.43. The van der Waals surface area contributed by atoms with E-state index in [2.05, 4.69) is 21.9 Å². The van der Waals surface area contributed by atoms with Gasteiger partial charge in [0.25, 0.3) is 0 Å². The van der Waals surface area contributed by atoms with Crippen LogP contribution in [0, 0.1) is 0 Å². The Morgan fingerprint density at radius 2 is 2.11 bits per heavy atom. The number of likely N-dealkylation sites (tertiary alicyclic amines) is 1. The van der Waals surface area contributed by atoms with Gasteiger partial charge in [0.05, 0.1) is 5.25 Å². The standard InChI is InChI=1S/C12H27N3O2S/c1-4-13-9-11(3)18(16,17)14-10-12-7-6-8-15(12)5-2/h11-14H,4-10H2,1-3H3. The highest BCUT2D eigenvalue weighted by Gasteiger charge is 2.26. The van der Waals surface area contributed by atoms with Gasteiger partial charge in [-0.2, -0.15) is 0 Å². The summed E-state index contributed by atoms with van der Waals surface area (Å²) in [7, 11) is -3.19. The molecule has 0 radical (unpaired) electrons. The average Bonchev–Trinajstić information content (AvgIpc) is 2.80. The maximum atomic E-state index is 12.0. The van der Waals surface area contributed by atoms with E-state index >= 15 is 0 Å². The van der Waals surface area contributed by atoms with Gasteiger partial charge >= 0.3 is 0 Å². The highest BCUT2D eigenvalue weighted by Crippen LogP contribution is 2.16. The zero-order chi connectivity index (χ0) is 13.6. The number of rotatable bonds is 8. The van der Waals surface area contributed by atoms with Crippen LogP contribution in [0.25, 0.3) is 0 Å². The molecule has 2 N–H and O–H groups in total. The first-order chi connectivity index (χ1) is 8.51. The van der Waals surface area contributed by atoms with Crippen molar-refractivity contribution in [3.05, 3.63) is 0 Å². The van der Waals surface area contributed by atoms with Crippen molar-refractivity contribution >= 4 is 10.0 Å². The molecule has 0 amide bonds. The monoisotopic (exact) mass is 277 g/mol. The normalized spacial score (nSPS) is 23.4.